The fraction of sp³-hybridized carbons (Fsp3) is 0.875. The summed E-state index contributed by atoms with van der Waals surface area (Å²) in [6.45, 7) is 4.90. The fourth-order valence-corrected chi connectivity index (χ4v) is 1.72. The molecular formula is C8H15N2. The minimum absolute atomic E-state index is 0.846. The van der Waals surface area contributed by atoms with Gasteiger partial charge in [0.25, 0.3) is 0 Å². The van der Waals surface area contributed by atoms with Crippen LogP contribution in [0.15, 0.2) is 0 Å². The lowest BCUT2D eigenvalue weighted by Gasteiger charge is -2.40. The predicted octanol–water partition coefficient (Wildman–Crippen LogP) is 0.258. The molecule has 1 atom stereocenters. The maximum Gasteiger partial charge on any atom is 0.0221 e. The number of nitrogens with zero attached hydrogens (tertiary/aromatic N) is 1. The van der Waals surface area contributed by atoms with Crippen LogP contribution in [0.1, 0.15) is 12.8 Å². The monoisotopic (exact) mass is 139 g/mol. The summed E-state index contributed by atoms with van der Waals surface area (Å²) in [5, 5.41) is 3.43. The van der Waals surface area contributed by atoms with Gasteiger partial charge < -0.3 is 5.32 Å². The van der Waals surface area contributed by atoms with Gasteiger partial charge in [-0.15, -0.1) is 0 Å². The predicted molar refractivity (Wildman–Crippen MR) is 41.8 cm³/mol. The molecule has 2 fully saturated rings. The number of hydrogen-bond donors (Lipinski definition) is 1. The maximum absolute atomic E-state index is 3.43. The Bertz CT molecular complexity index is 104. The van der Waals surface area contributed by atoms with Crippen LogP contribution in [0.5, 0.6) is 0 Å². The maximum atomic E-state index is 3.43. The van der Waals surface area contributed by atoms with E-state index in [2.05, 4.69) is 16.6 Å². The van der Waals surface area contributed by atoms with Crippen molar-refractivity contribution in [2.24, 2.45) is 0 Å². The molecule has 2 heterocycles. The molecule has 57 valence electrons. The molecule has 1 unspecified atom stereocenters. The lowest BCUT2D eigenvalue weighted by atomic mass is 10.0. The summed E-state index contributed by atoms with van der Waals surface area (Å²) in [6.07, 6.45) is 5.11. The molecule has 0 bridgehead atoms. The van der Waals surface area contributed by atoms with E-state index in [1.807, 2.05) is 0 Å². The smallest absolute Gasteiger partial charge is 0.0221 e. The molecular weight excluding hydrogens is 124 g/mol. The van der Waals surface area contributed by atoms with E-state index in [1.165, 1.54) is 39.0 Å². The second kappa shape index (κ2) is 2.89. The van der Waals surface area contributed by atoms with Gasteiger partial charge in [-0.1, -0.05) is 0 Å². The Labute approximate surface area is 62.6 Å². The molecule has 0 aromatic heterocycles. The van der Waals surface area contributed by atoms with Gasteiger partial charge in [0.15, 0.2) is 0 Å². The second-order valence-electron chi connectivity index (χ2n) is 3.24. The van der Waals surface area contributed by atoms with Crippen LogP contribution in [-0.2, 0) is 0 Å². The summed E-state index contributed by atoms with van der Waals surface area (Å²) in [5.41, 5.74) is 0. The van der Waals surface area contributed by atoms with Crippen molar-refractivity contribution in [2.45, 2.75) is 18.9 Å². The summed E-state index contributed by atoms with van der Waals surface area (Å²) in [4.78, 5) is 2.55. The largest absolute Gasteiger partial charge is 0.315 e. The molecule has 2 rings (SSSR count). The van der Waals surface area contributed by atoms with Crippen molar-refractivity contribution in [1.29, 1.82) is 0 Å². The van der Waals surface area contributed by atoms with Gasteiger partial charge in [-0.05, 0) is 25.8 Å². The molecule has 2 aliphatic rings. The van der Waals surface area contributed by atoms with Gasteiger partial charge in [0, 0.05) is 25.7 Å². The van der Waals surface area contributed by atoms with Crippen LogP contribution in [0.2, 0.25) is 0 Å². The van der Waals surface area contributed by atoms with Gasteiger partial charge >= 0.3 is 0 Å². The van der Waals surface area contributed by atoms with Crippen LogP contribution in [0, 0.1) is 6.42 Å². The molecule has 1 N–H and O–H groups in total. The first-order chi connectivity index (χ1) is 4.97. The highest BCUT2D eigenvalue weighted by molar-refractivity contribution is 4.92. The molecule has 0 aromatic rings. The highest BCUT2D eigenvalue weighted by atomic mass is 15.2. The first kappa shape index (κ1) is 6.62. The van der Waals surface area contributed by atoms with Crippen molar-refractivity contribution in [3.05, 3.63) is 6.42 Å². The van der Waals surface area contributed by atoms with E-state index in [4.69, 9.17) is 0 Å². The Morgan fingerprint density at radius 3 is 2.80 bits per heavy atom. The van der Waals surface area contributed by atoms with Crippen molar-refractivity contribution < 1.29 is 0 Å². The van der Waals surface area contributed by atoms with E-state index in [1.54, 1.807) is 0 Å². The van der Waals surface area contributed by atoms with Crippen molar-refractivity contribution in [3.8, 4) is 0 Å². The number of hydrogen-bond acceptors (Lipinski definition) is 2. The highest BCUT2D eigenvalue weighted by Gasteiger charge is 2.24. The number of likely N-dealkylation sites (tertiary alicyclic amines) is 1. The normalized spacial score (nSPS) is 35.4. The van der Waals surface area contributed by atoms with Gasteiger partial charge in [-0.3, -0.25) is 4.90 Å². The third kappa shape index (κ3) is 1.18. The number of rotatable bonds is 1. The van der Waals surface area contributed by atoms with Crippen LogP contribution >= 0.6 is 0 Å². The molecule has 2 saturated heterocycles. The molecule has 10 heavy (non-hydrogen) atoms. The van der Waals surface area contributed by atoms with Crippen molar-refractivity contribution in [1.82, 2.24) is 10.2 Å². The zero-order chi connectivity index (χ0) is 6.81. The Hall–Kier alpha value is -0.0800. The lowest BCUT2D eigenvalue weighted by Crippen LogP contribution is -2.52. The van der Waals surface area contributed by atoms with Gasteiger partial charge in [0.2, 0.25) is 0 Å². The zero-order valence-electron chi connectivity index (χ0n) is 6.34. The van der Waals surface area contributed by atoms with Crippen LogP contribution in [0.25, 0.3) is 0 Å². The molecule has 2 aliphatic heterocycles. The Kier molecular flexibility index (Phi) is 1.91. The minimum atomic E-state index is 0.846. The van der Waals surface area contributed by atoms with Crippen molar-refractivity contribution in [2.75, 3.05) is 26.2 Å². The summed E-state index contributed by atoms with van der Waals surface area (Å²) >= 11 is 0. The Balaban J connectivity index is 1.78. The van der Waals surface area contributed by atoms with Crippen LogP contribution < -0.4 is 5.32 Å². The lowest BCUT2D eigenvalue weighted by molar-refractivity contribution is 0.142. The van der Waals surface area contributed by atoms with Crippen LogP contribution in [0.4, 0.5) is 0 Å². The number of piperidine rings is 1. The van der Waals surface area contributed by atoms with E-state index in [9.17, 15) is 0 Å². The van der Waals surface area contributed by atoms with E-state index < -0.39 is 0 Å². The third-order valence-corrected chi connectivity index (χ3v) is 2.51. The molecule has 0 amide bonds. The molecule has 2 heteroatoms. The van der Waals surface area contributed by atoms with Gasteiger partial charge in [0.05, 0.1) is 0 Å². The van der Waals surface area contributed by atoms with Crippen molar-refractivity contribution in [3.63, 3.8) is 0 Å². The Morgan fingerprint density at radius 2 is 2.30 bits per heavy atom. The van der Waals surface area contributed by atoms with E-state index in [0.717, 1.165) is 6.04 Å². The van der Waals surface area contributed by atoms with E-state index in [0.29, 0.717) is 0 Å². The zero-order valence-corrected chi connectivity index (χ0v) is 6.34. The SMILES string of the molecule is [CH]1CN(C2CCCNC2)C1. The van der Waals surface area contributed by atoms with Gasteiger partial charge in [-0.2, -0.15) is 0 Å². The summed E-state index contributed by atoms with van der Waals surface area (Å²) in [7, 11) is 0. The van der Waals surface area contributed by atoms with Gasteiger partial charge in [-0.25, -0.2) is 0 Å². The van der Waals surface area contributed by atoms with Crippen LogP contribution in [-0.4, -0.2) is 37.1 Å². The van der Waals surface area contributed by atoms with Gasteiger partial charge in [0.1, 0.15) is 0 Å². The minimum Gasteiger partial charge on any atom is -0.315 e. The summed E-state index contributed by atoms with van der Waals surface area (Å²) < 4.78 is 0. The van der Waals surface area contributed by atoms with Crippen LogP contribution in [0.3, 0.4) is 0 Å². The van der Waals surface area contributed by atoms with E-state index in [-0.39, 0.29) is 0 Å². The second-order valence-corrected chi connectivity index (χ2v) is 3.24. The standard InChI is InChI=1S/C8H15N2/c1-3-8(7-9-4-1)10-5-2-6-10/h2,8-9H,1,3-7H2. The molecule has 0 aliphatic carbocycles. The molecule has 0 saturated carbocycles. The molecule has 1 radical (unpaired) electrons. The van der Waals surface area contributed by atoms with E-state index >= 15 is 0 Å². The van der Waals surface area contributed by atoms with Crippen molar-refractivity contribution >= 4 is 0 Å². The average Bonchev–Trinajstić information content (AvgIpc) is 1.86. The Morgan fingerprint density at radius 1 is 1.40 bits per heavy atom. The highest BCUT2D eigenvalue weighted by Crippen LogP contribution is 2.15. The number of nitrogens with one attached hydrogen (secondary N) is 1. The first-order valence-corrected chi connectivity index (χ1v) is 4.23. The first-order valence-electron chi connectivity index (χ1n) is 4.23. The quantitative estimate of drug-likeness (QED) is 0.560. The fourth-order valence-electron chi connectivity index (χ4n) is 1.72. The molecule has 0 spiro atoms. The average molecular weight is 139 g/mol. The molecule has 0 aromatic carbocycles. The molecule has 2 nitrogen and oxygen atoms in total. The topological polar surface area (TPSA) is 15.3 Å². The third-order valence-electron chi connectivity index (χ3n) is 2.51. The summed E-state index contributed by atoms with van der Waals surface area (Å²) in [6, 6.07) is 0.846. The summed E-state index contributed by atoms with van der Waals surface area (Å²) in [5.74, 6) is 0.